The van der Waals surface area contributed by atoms with Gasteiger partial charge in [-0.1, -0.05) is 12.1 Å². The van der Waals surface area contributed by atoms with E-state index in [4.69, 9.17) is 9.84 Å². The number of rotatable bonds is 5. The summed E-state index contributed by atoms with van der Waals surface area (Å²) in [6.07, 6.45) is 1.36. The molecule has 5 nitrogen and oxygen atoms in total. The molecule has 19 heavy (non-hydrogen) atoms. The number of carboxylic acids is 1. The summed E-state index contributed by atoms with van der Waals surface area (Å²) in [5, 5.41) is 11.7. The summed E-state index contributed by atoms with van der Waals surface area (Å²) in [6.45, 7) is 2.09. The molecule has 1 aromatic carbocycles. The van der Waals surface area contributed by atoms with Crippen LogP contribution < -0.4 is 10.1 Å². The predicted molar refractivity (Wildman–Crippen MR) is 69.2 cm³/mol. The van der Waals surface area contributed by atoms with Gasteiger partial charge in [-0.15, -0.1) is 0 Å². The molecule has 1 unspecified atom stereocenters. The molecule has 0 radical (unpaired) electrons. The van der Waals surface area contributed by atoms with E-state index in [1.807, 2.05) is 0 Å². The van der Waals surface area contributed by atoms with Crippen molar-refractivity contribution < 1.29 is 19.4 Å². The molecule has 2 atom stereocenters. The monoisotopic (exact) mass is 263 g/mol. The number of carboxylic acid groups (broad SMARTS) is 1. The van der Waals surface area contributed by atoms with Gasteiger partial charge in [0.25, 0.3) is 0 Å². The largest absolute Gasteiger partial charge is 0.491 e. The second-order valence-electron chi connectivity index (χ2n) is 4.74. The molecule has 2 N–H and O–H groups in total. The van der Waals surface area contributed by atoms with Gasteiger partial charge in [0, 0.05) is 6.42 Å². The first kappa shape index (κ1) is 13.4. The lowest BCUT2D eigenvalue weighted by Crippen LogP contribution is -2.30. The van der Waals surface area contributed by atoms with Gasteiger partial charge in [0.2, 0.25) is 5.91 Å². The van der Waals surface area contributed by atoms with Crippen LogP contribution in [-0.4, -0.2) is 29.6 Å². The summed E-state index contributed by atoms with van der Waals surface area (Å²) in [4.78, 5) is 21.9. The smallest absolute Gasteiger partial charge is 0.310 e. The lowest BCUT2D eigenvalue weighted by molar-refractivity contribution is -0.138. The fourth-order valence-corrected chi connectivity index (χ4v) is 1.99. The van der Waals surface area contributed by atoms with Crippen molar-refractivity contribution in [1.29, 1.82) is 0 Å². The fourth-order valence-electron chi connectivity index (χ4n) is 1.99. The second kappa shape index (κ2) is 5.73. The van der Waals surface area contributed by atoms with Crippen molar-refractivity contribution in [1.82, 2.24) is 5.32 Å². The summed E-state index contributed by atoms with van der Waals surface area (Å²) in [5.41, 5.74) is 0.744. The van der Waals surface area contributed by atoms with E-state index in [1.165, 1.54) is 0 Å². The quantitative estimate of drug-likeness (QED) is 0.844. The molecule has 1 fully saturated rings. The van der Waals surface area contributed by atoms with E-state index in [9.17, 15) is 9.59 Å². The van der Waals surface area contributed by atoms with E-state index in [2.05, 4.69) is 5.32 Å². The third-order valence-electron chi connectivity index (χ3n) is 3.29. The molecule has 1 heterocycles. The SMILES string of the molecule is CC(C(=O)O)c1ccc(OC[C@@H]2CCC(=O)N2)cc1. The van der Waals surface area contributed by atoms with Gasteiger partial charge in [-0.3, -0.25) is 9.59 Å². The van der Waals surface area contributed by atoms with E-state index in [0.717, 1.165) is 12.0 Å². The van der Waals surface area contributed by atoms with Crippen LogP contribution >= 0.6 is 0 Å². The summed E-state index contributed by atoms with van der Waals surface area (Å²) < 4.78 is 5.57. The maximum Gasteiger partial charge on any atom is 0.310 e. The van der Waals surface area contributed by atoms with Gasteiger partial charge >= 0.3 is 5.97 Å². The normalized spacial score (nSPS) is 19.8. The molecule has 0 bridgehead atoms. The van der Waals surface area contributed by atoms with Crippen LogP contribution in [0.5, 0.6) is 5.75 Å². The summed E-state index contributed by atoms with van der Waals surface area (Å²) in [6, 6.07) is 7.09. The van der Waals surface area contributed by atoms with Gasteiger partial charge in [-0.05, 0) is 31.0 Å². The summed E-state index contributed by atoms with van der Waals surface area (Å²) in [7, 11) is 0. The van der Waals surface area contributed by atoms with E-state index >= 15 is 0 Å². The first-order chi connectivity index (χ1) is 9.06. The van der Waals surface area contributed by atoms with Gasteiger partial charge in [0.05, 0.1) is 12.0 Å². The zero-order valence-electron chi connectivity index (χ0n) is 10.8. The molecule has 1 amide bonds. The van der Waals surface area contributed by atoms with Crippen molar-refractivity contribution in [3.8, 4) is 5.75 Å². The lowest BCUT2D eigenvalue weighted by atomic mass is 10.0. The highest BCUT2D eigenvalue weighted by atomic mass is 16.5. The molecule has 0 saturated carbocycles. The average Bonchev–Trinajstić information content (AvgIpc) is 2.82. The highest BCUT2D eigenvalue weighted by Gasteiger charge is 2.21. The second-order valence-corrected chi connectivity index (χ2v) is 4.74. The lowest BCUT2D eigenvalue weighted by Gasteiger charge is -2.13. The number of carbonyl (C=O) groups excluding carboxylic acids is 1. The molecule has 102 valence electrons. The van der Waals surface area contributed by atoms with E-state index in [-0.39, 0.29) is 11.9 Å². The highest BCUT2D eigenvalue weighted by Crippen LogP contribution is 2.20. The van der Waals surface area contributed by atoms with Crippen molar-refractivity contribution in [3.05, 3.63) is 29.8 Å². The first-order valence-corrected chi connectivity index (χ1v) is 6.31. The van der Waals surface area contributed by atoms with E-state index in [0.29, 0.717) is 18.8 Å². The third-order valence-corrected chi connectivity index (χ3v) is 3.29. The minimum absolute atomic E-state index is 0.0687. The molecular weight excluding hydrogens is 246 g/mol. The number of aliphatic carboxylic acids is 1. The molecule has 1 aliphatic rings. The number of ether oxygens (including phenoxy) is 1. The fraction of sp³-hybridized carbons (Fsp3) is 0.429. The molecule has 0 aromatic heterocycles. The predicted octanol–water partition coefficient (Wildman–Crippen LogP) is 1.53. The first-order valence-electron chi connectivity index (χ1n) is 6.31. The Bertz CT molecular complexity index is 469. The van der Waals surface area contributed by atoms with Gasteiger partial charge in [0.15, 0.2) is 0 Å². The number of hydrogen-bond acceptors (Lipinski definition) is 3. The Balaban J connectivity index is 1.88. The van der Waals surface area contributed by atoms with Crippen molar-refractivity contribution >= 4 is 11.9 Å². The molecular formula is C14H17NO4. The Kier molecular flexibility index (Phi) is 4.04. The van der Waals surface area contributed by atoms with Crippen molar-refractivity contribution in [2.24, 2.45) is 0 Å². The van der Waals surface area contributed by atoms with Crippen molar-refractivity contribution in [2.45, 2.75) is 31.7 Å². The average molecular weight is 263 g/mol. The number of hydrogen-bond donors (Lipinski definition) is 2. The maximum absolute atomic E-state index is 11.0. The molecule has 1 aliphatic heterocycles. The molecule has 0 spiro atoms. The zero-order chi connectivity index (χ0) is 13.8. The van der Waals surface area contributed by atoms with Crippen LogP contribution in [0, 0.1) is 0 Å². The molecule has 1 aromatic rings. The minimum atomic E-state index is -0.845. The van der Waals surface area contributed by atoms with Crippen LogP contribution in [0.2, 0.25) is 0 Å². The molecule has 0 aliphatic carbocycles. The third kappa shape index (κ3) is 3.47. The Hall–Kier alpha value is -2.04. The maximum atomic E-state index is 11.0. The number of nitrogens with one attached hydrogen (secondary N) is 1. The molecule has 5 heteroatoms. The van der Waals surface area contributed by atoms with Crippen molar-refractivity contribution in [3.63, 3.8) is 0 Å². The Morgan fingerprint density at radius 2 is 2.16 bits per heavy atom. The van der Waals surface area contributed by atoms with E-state index in [1.54, 1.807) is 31.2 Å². The van der Waals surface area contributed by atoms with E-state index < -0.39 is 11.9 Å². The number of carbonyl (C=O) groups is 2. The van der Waals surface area contributed by atoms with Gasteiger partial charge < -0.3 is 15.2 Å². The van der Waals surface area contributed by atoms with Gasteiger partial charge in [-0.25, -0.2) is 0 Å². The highest BCUT2D eigenvalue weighted by molar-refractivity contribution is 5.78. The standard InChI is InChI=1S/C14H17NO4/c1-9(14(17)18)10-2-5-12(6-3-10)19-8-11-4-7-13(16)15-11/h2-3,5-6,9,11H,4,7-8H2,1H3,(H,15,16)(H,17,18)/t9?,11-/m0/s1. The van der Waals surface area contributed by atoms with Crippen LogP contribution in [0.3, 0.4) is 0 Å². The number of amides is 1. The Morgan fingerprint density at radius 3 is 2.68 bits per heavy atom. The van der Waals surface area contributed by atoms with Crippen molar-refractivity contribution in [2.75, 3.05) is 6.61 Å². The van der Waals surface area contributed by atoms with Crippen LogP contribution in [0.4, 0.5) is 0 Å². The van der Waals surface area contributed by atoms with Gasteiger partial charge in [-0.2, -0.15) is 0 Å². The molecule has 1 saturated heterocycles. The topological polar surface area (TPSA) is 75.6 Å². The summed E-state index contributed by atoms with van der Waals surface area (Å²) in [5.74, 6) is -0.618. The summed E-state index contributed by atoms with van der Waals surface area (Å²) >= 11 is 0. The Labute approximate surface area is 111 Å². The Morgan fingerprint density at radius 1 is 1.47 bits per heavy atom. The number of benzene rings is 1. The zero-order valence-corrected chi connectivity index (χ0v) is 10.8. The van der Waals surface area contributed by atoms with Crippen LogP contribution in [-0.2, 0) is 9.59 Å². The van der Waals surface area contributed by atoms with Gasteiger partial charge in [0.1, 0.15) is 12.4 Å². The van der Waals surface area contributed by atoms with Crippen LogP contribution in [0.15, 0.2) is 24.3 Å². The minimum Gasteiger partial charge on any atom is -0.491 e. The molecule has 2 rings (SSSR count). The van der Waals surface area contributed by atoms with Crippen LogP contribution in [0.25, 0.3) is 0 Å². The van der Waals surface area contributed by atoms with Crippen LogP contribution in [0.1, 0.15) is 31.2 Å².